The molecule has 3 rings (SSSR count). The summed E-state index contributed by atoms with van der Waals surface area (Å²) in [4.78, 5) is 22.4. The second-order valence-electron chi connectivity index (χ2n) is 17.0. The lowest BCUT2D eigenvalue weighted by molar-refractivity contribution is -0.123. The van der Waals surface area contributed by atoms with Crippen LogP contribution < -0.4 is 15.4 Å². The third kappa shape index (κ3) is 20.6. The second kappa shape index (κ2) is 25.5. The molecule has 1 heterocycles. The number of hydrogen-bond donors (Lipinski definition) is 2. The van der Waals surface area contributed by atoms with Gasteiger partial charge in [-0.25, -0.2) is 0 Å². The van der Waals surface area contributed by atoms with Crippen LogP contribution in [-0.2, 0) is 14.3 Å². The molecule has 0 aliphatic heterocycles. The first-order chi connectivity index (χ1) is 25.3. The summed E-state index contributed by atoms with van der Waals surface area (Å²) in [6, 6.07) is 8.05. The number of hydrogen-bond acceptors (Lipinski definition) is 8. The zero-order valence-electron chi connectivity index (χ0n) is 34.7. The molecule has 0 unspecified atom stereocenters. The van der Waals surface area contributed by atoms with E-state index in [1.165, 1.54) is 108 Å². The van der Waals surface area contributed by atoms with Gasteiger partial charge in [0.1, 0.15) is 5.75 Å². The zero-order chi connectivity index (χ0) is 39.0. The number of aromatic nitrogens is 2. The van der Waals surface area contributed by atoms with Crippen molar-refractivity contribution in [1.82, 2.24) is 20.8 Å². The molecule has 1 aliphatic rings. The molecular formula is C43H74N4O5S. The van der Waals surface area contributed by atoms with Crippen molar-refractivity contribution < 1.29 is 23.5 Å². The molecule has 0 bridgehead atoms. The van der Waals surface area contributed by atoms with Gasteiger partial charge in [-0.1, -0.05) is 144 Å². The second-order valence-corrected chi connectivity index (χ2v) is 17.8. The van der Waals surface area contributed by atoms with E-state index >= 15 is 0 Å². The van der Waals surface area contributed by atoms with E-state index in [1.54, 1.807) is 0 Å². The van der Waals surface area contributed by atoms with E-state index in [0.717, 1.165) is 24.2 Å². The summed E-state index contributed by atoms with van der Waals surface area (Å²) in [5.41, 5.74) is 1.09. The van der Waals surface area contributed by atoms with Gasteiger partial charge in [-0.05, 0) is 55.2 Å². The molecule has 0 radical (unpaired) electrons. The molecule has 2 amide bonds. The lowest BCUT2D eigenvalue weighted by Gasteiger charge is -2.45. The van der Waals surface area contributed by atoms with E-state index in [-0.39, 0.29) is 16.7 Å². The van der Waals surface area contributed by atoms with Gasteiger partial charge >= 0.3 is 0 Å². The third-order valence-corrected chi connectivity index (χ3v) is 10.7. The Morgan fingerprint density at radius 2 is 1.43 bits per heavy atom. The molecule has 1 fully saturated rings. The Hall–Kier alpha value is -2.59. The lowest BCUT2D eigenvalue weighted by Crippen LogP contribution is -2.49. The van der Waals surface area contributed by atoms with Crippen LogP contribution in [0.15, 0.2) is 33.9 Å². The van der Waals surface area contributed by atoms with Crippen LogP contribution in [0.1, 0.15) is 158 Å². The molecule has 10 heteroatoms. The molecule has 0 spiro atoms. The van der Waals surface area contributed by atoms with E-state index in [4.69, 9.17) is 13.9 Å². The van der Waals surface area contributed by atoms with Crippen molar-refractivity contribution in [3.63, 3.8) is 0 Å². The Morgan fingerprint density at radius 1 is 0.868 bits per heavy atom. The quantitative estimate of drug-likeness (QED) is 0.0501. The molecule has 1 aromatic heterocycles. The zero-order valence-corrected chi connectivity index (χ0v) is 35.5. The fourth-order valence-corrected chi connectivity index (χ4v) is 6.80. The van der Waals surface area contributed by atoms with Gasteiger partial charge in [-0.2, -0.15) is 0 Å². The SMILES string of the molecule is CCCCCCCCCCCCCCCC(=O)NC1CC(C)(CC)C1.CSc1nnc(-c2ccc(OCC(C)(C)COCC(C)(C)CNC=O)cc2)o1. The van der Waals surface area contributed by atoms with Crippen molar-refractivity contribution in [2.24, 2.45) is 16.2 Å². The van der Waals surface area contributed by atoms with Crippen molar-refractivity contribution in [1.29, 1.82) is 0 Å². The first-order valence-electron chi connectivity index (χ1n) is 20.5. The molecule has 9 nitrogen and oxygen atoms in total. The highest BCUT2D eigenvalue weighted by Crippen LogP contribution is 2.43. The first kappa shape index (κ1) is 46.6. The van der Waals surface area contributed by atoms with Crippen molar-refractivity contribution in [2.45, 2.75) is 169 Å². The normalized spacial score (nSPS) is 17.0. The molecule has 0 saturated heterocycles. The fraction of sp³-hybridized carbons (Fsp3) is 0.767. The van der Waals surface area contributed by atoms with Crippen molar-refractivity contribution in [3.05, 3.63) is 24.3 Å². The number of carbonyl (C=O) groups excluding carboxylic acids is 2. The van der Waals surface area contributed by atoms with E-state index < -0.39 is 0 Å². The van der Waals surface area contributed by atoms with Crippen LogP contribution in [0, 0.1) is 16.2 Å². The number of carbonyl (C=O) groups is 2. The summed E-state index contributed by atoms with van der Waals surface area (Å²) in [5, 5.41) is 14.4. The molecule has 302 valence electrons. The highest BCUT2D eigenvalue weighted by atomic mass is 32.2. The summed E-state index contributed by atoms with van der Waals surface area (Å²) in [5.74, 6) is 1.56. The largest absolute Gasteiger partial charge is 0.493 e. The van der Waals surface area contributed by atoms with Gasteiger partial charge in [-0.15, -0.1) is 10.2 Å². The van der Waals surface area contributed by atoms with Crippen molar-refractivity contribution >= 4 is 24.1 Å². The van der Waals surface area contributed by atoms with Crippen LogP contribution >= 0.6 is 11.8 Å². The number of thioether (sulfide) groups is 1. The summed E-state index contributed by atoms with van der Waals surface area (Å²) < 4.78 is 17.3. The molecule has 0 atom stereocenters. The summed E-state index contributed by atoms with van der Waals surface area (Å²) in [6.07, 6.45) is 24.6. The number of rotatable bonds is 28. The van der Waals surface area contributed by atoms with Crippen LogP contribution in [0.2, 0.25) is 0 Å². The van der Waals surface area contributed by atoms with Crippen LogP contribution in [-0.4, -0.2) is 61.2 Å². The average molecular weight is 759 g/mol. The van der Waals surface area contributed by atoms with Crippen LogP contribution in [0.3, 0.4) is 0 Å². The molecule has 53 heavy (non-hydrogen) atoms. The summed E-state index contributed by atoms with van der Waals surface area (Å²) >= 11 is 1.41. The maximum Gasteiger partial charge on any atom is 0.276 e. The molecule has 1 saturated carbocycles. The Kier molecular flexibility index (Phi) is 22.4. The predicted molar refractivity (Wildman–Crippen MR) is 219 cm³/mol. The topological polar surface area (TPSA) is 116 Å². The highest BCUT2D eigenvalue weighted by Gasteiger charge is 2.39. The van der Waals surface area contributed by atoms with E-state index in [0.29, 0.717) is 55.3 Å². The minimum Gasteiger partial charge on any atom is -0.493 e. The Bertz CT molecular complexity index is 1260. The van der Waals surface area contributed by atoms with Gasteiger partial charge in [-0.3, -0.25) is 9.59 Å². The van der Waals surface area contributed by atoms with Crippen LogP contribution in [0.5, 0.6) is 5.75 Å². The minimum absolute atomic E-state index is 0.113. The Labute approximate surface area is 326 Å². The number of nitrogens with one attached hydrogen (secondary N) is 2. The highest BCUT2D eigenvalue weighted by molar-refractivity contribution is 7.98. The van der Waals surface area contributed by atoms with Gasteiger partial charge in [0.25, 0.3) is 5.22 Å². The van der Waals surface area contributed by atoms with Gasteiger partial charge in [0.15, 0.2) is 0 Å². The predicted octanol–water partition coefficient (Wildman–Crippen LogP) is 10.8. The molecular weight excluding hydrogens is 685 g/mol. The molecule has 2 aromatic rings. The van der Waals surface area contributed by atoms with Crippen molar-refractivity contribution in [3.8, 4) is 17.2 Å². The molecule has 1 aliphatic carbocycles. The van der Waals surface area contributed by atoms with E-state index in [2.05, 4.69) is 69.3 Å². The molecule has 2 N–H and O–H groups in total. The number of ether oxygens (including phenoxy) is 2. The van der Waals surface area contributed by atoms with Crippen LogP contribution in [0.4, 0.5) is 0 Å². The smallest absolute Gasteiger partial charge is 0.276 e. The van der Waals surface area contributed by atoms with Crippen molar-refractivity contribution in [2.75, 3.05) is 32.6 Å². The Balaban J connectivity index is 0.000000370. The van der Waals surface area contributed by atoms with Gasteiger partial charge in [0, 0.05) is 35.4 Å². The monoisotopic (exact) mass is 759 g/mol. The number of benzene rings is 1. The van der Waals surface area contributed by atoms with Gasteiger partial charge in [0.2, 0.25) is 18.2 Å². The fourth-order valence-electron chi connectivity index (χ4n) is 6.52. The van der Waals surface area contributed by atoms with Gasteiger partial charge < -0.3 is 24.5 Å². The maximum absolute atomic E-state index is 11.9. The number of amides is 2. The van der Waals surface area contributed by atoms with E-state index in [1.807, 2.05) is 30.5 Å². The van der Waals surface area contributed by atoms with E-state index in [9.17, 15) is 9.59 Å². The standard InChI is InChI=1S/C23H45NO.C20H29N3O4S/c1-4-6-7-8-9-10-11-12-13-14-15-16-17-18-22(25)24-21-19-23(3,5-2)20-21;1-19(2,10-21-14-24)11-25-12-20(3,4)13-26-16-8-6-15(7-9-16)17-22-23-18(27-17)28-5/h21H,4-20H2,1-3H3,(H,24,25);6-9,14H,10-13H2,1-5H3,(H,21,24). The number of nitrogens with zero attached hydrogens (tertiary/aromatic N) is 2. The molecule has 1 aromatic carbocycles. The lowest BCUT2D eigenvalue weighted by atomic mass is 9.65. The third-order valence-electron chi connectivity index (χ3n) is 10.2. The van der Waals surface area contributed by atoms with Crippen LogP contribution in [0.25, 0.3) is 11.5 Å². The maximum atomic E-state index is 11.9. The average Bonchev–Trinajstić information content (AvgIpc) is 3.61. The minimum atomic E-state index is -0.146. The summed E-state index contributed by atoms with van der Waals surface area (Å²) in [7, 11) is 0. The Morgan fingerprint density at radius 3 is 1.96 bits per heavy atom. The summed E-state index contributed by atoms with van der Waals surface area (Å²) in [6.45, 7) is 17.4. The van der Waals surface area contributed by atoms with Gasteiger partial charge in [0.05, 0.1) is 19.8 Å². The first-order valence-corrected chi connectivity index (χ1v) is 21.7. The number of unbranched alkanes of at least 4 members (excludes halogenated alkanes) is 12.